The molecule has 2 aromatic heterocycles. The second-order valence-corrected chi connectivity index (χ2v) is 5.60. The third kappa shape index (κ3) is 4.38. The van der Waals surface area contributed by atoms with E-state index in [1.54, 1.807) is 9.36 Å². The van der Waals surface area contributed by atoms with Crippen LogP contribution in [0.15, 0.2) is 0 Å². The highest BCUT2D eigenvalue weighted by atomic mass is 127. The molecule has 0 aliphatic rings. The van der Waals surface area contributed by atoms with Crippen LogP contribution >= 0.6 is 22.7 Å². The van der Waals surface area contributed by atoms with Crippen LogP contribution in [0.25, 0.3) is 0 Å². The fourth-order valence-corrected chi connectivity index (χ4v) is 2.83. The highest BCUT2D eigenvalue weighted by Gasteiger charge is 2.13. The van der Waals surface area contributed by atoms with Crippen LogP contribution < -0.4 is 68.8 Å². The zero-order chi connectivity index (χ0) is 11.7. The fraction of sp³-hybridized carbons (Fsp3) is 0.500. The van der Waals surface area contributed by atoms with Crippen LogP contribution in [0.5, 0.6) is 0 Å². The molecule has 6 nitrogen and oxygen atoms in total. The summed E-state index contributed by atoms with van der Waals surface area (Å²) >= 11 is 3.03. The summed E-state index contributed by atoms with van der Waals surface area (Å²) in [6.45, 7) is 0. The molecule has 0 saturated heterocycles. The monoisotopic (exact) mass is 512 g/mol. The Hall–Kier alpha value is 0.180. The first-order valence-corrected chi connectivity index (χ1v) is 6.42. The first-order chi connectivity index (χ1) is 7.56. The van der Waals surface area contributed by atoms with E-state index in [1.165, 1.54) is 22.7 Å². The first-order valence-electron chi connectivity index (χ1n) is 4.79. The third-order valence-electron chi connectivity index (χ3n) is 2.16. The third-order valence-corrected chi connectivity index (χ3v) is 4.15. The molecule has 0 unspecified atom stereocenters. The Morgan fingerprint density at radius 2 is 1.22 bits per heavy atom. The van der Waals surface area contributed by atoms with Crippen LogP contribution in [0.2, 0.25) is 0 Å². The number of rotatable bonds is 3. The molecule has 10 heteroatoms. The average molecular weight is 512 g/mol. The van der Waals surface area contributed by atoms with Crippen molar-refractivity contribution in [2.45, 2.75) is 12.8 Å². The Bertz CT molecular complexity index is 426. The smallest absolute Gasteiger partial charge is 0.353 e. The van der Waals surface area contributed by atoms with Crippen LogP contribution in [-0.4, -0.2) is 10.2 Å². The molecule has 0 radical (unpaired) electrons. The molecule has 2 aromatic rings. The Morgan fingerprint density at radius 3 is 1.44 bits per heavy atom. The second kappa shape index (κ2) is 7.69. The largest absolute Gasteiger partial charge is 1.00 e. The maximum Gasteiger partial charge on any atom is 0.353 e. The summed E-state index contributed by atoms with van der Waals surface area (Å²) in [6.07, 6.45) is 1.70. The molecule has 0 atom stereocenters. The van der Waals surface area contributed by atoms with Gasteiger partial charge in [-0.3, -0.25) is 11.5 Å². The molecular formula is C8H14I2N6S2. The van der Waals surface area contributed by atoms with Gasteiger partial charge in [-0.25, -0.2) is 0 Å². The van der Waals surface area contributed by atoms with Crippen molar-refractivity contribution in [3.8, 4) is 0 Å². The molecular weight excluding hydrogens is 498 g/mol. The molecule has 2 rings (SSSR count). The zero-order valence-electron chi connectivity index (χ0n) is 9.93. The summed E-state index contributed by atoms with van der Waals surface area (Å²) in [5.41, 5.74) is 11.4. The molecule has 0 bridgehead atoms. The van der Waals surface area contributed by atoms with Gasteiger partial charge in [-0.2, -0.15) is 0 Å². The van der Waals surface area contributed by atoms with Gasteiger partial charge < -0.3 is 48.0 Å². The van der Waals surface area contributed by atoms with Crippen molar-refractivity contribution in [2.24, 2.45) is 14.1 Å². The maximum absolute atomic E-state index is 5.72. The second-order valence-electron chi connectivity index (χ2n) is 3.42. The van der Waals surface area contributed by atoms with Gasteiger partial charge in [0.05, 0.1) is 0 Å². The van der Waals surface area contributed by atoms with Crippen molar-refractivity contribution in [1.29, 1.82) is 0 Å². The van der Waals surface area contributed by atoms with E-state index in [1.807, 2.05) is 14.1 Å². The molecule has 0 amide bonds. The summed E-state index contributed by atoms with van der Waals surface area (Å²) < 4.78 is 3.38. The van der Waals surface area contributed by atoms with Gasteiger partial charge in [0, 0.05) is 12.8 Å². The number of nitrogens with zero attached hydrogens (tertiary/aromatic N) is 4. The van der Waals surface area contributed by atoms with Crippen molar-refractivity contribution in [1.82, 2.24) is 10.2 Å². The van der Waals surface area contributed by atoms with E-state index in [9.17, 15) is 0 Å². The van der Waals surface area contributed by atoms with Gasteiger partial charge in [-0.1, -0.05) is 10.2 Å². The van der Waals surface area contributed by atoms with E-state index < -0.39 is 0 Å². The highest BCUT2D eigenvalue weighted by Crippen LogP contribution is 2.15. The Labute approximate surface area is 147 Å². The van der Waals surface area contributed by atoms with Gasteiger partial charge in [0.25, 0.3) is 0 Å². The molecule has 18 heavy (non-hydrogen) atoms. The molecule has 0 aliphatic heterocycles. The summed E-state index contributed by atoms with van der Waals surface area (Å²) in [4.78, 5) is 0. The van der Waals surface area contributed by atoms with Crippen molar-refractivity contribution in [2.75, 3.05) is 11.5 Å². The minimum absolute atomic E-state index is 0. The number of anilines is 2. The highest BCUT2D eigenvalue weighted by molar-refractivity contribution is 7.15. The lowest BCUT2D eigenvalue weighted by Crippen LogP contribution is -3.00. The number of hydrogen-bond acceptors (Lipinski definition) is 6. The van der Waals surface area contributed by atoms with E-state index in [2.05, 4.69) is 10.2 Å². The molecule has 0 aliphatic carbocycles. The molecule has 4 N–H and O–H groups in total. The molecule has 0 saturated carbocycles. The van der Waals surface area contributed by atoms with Gasteiger partial charge in [-0.15, -0.1) is 9.36 Å². The van der Waals surface area contributed by atoms with E-state index in [0.717, 1.165) is 33.1 Å². The fourth-order valence-electron chi connectivity index (χ4n) is 1.26. The lowest BCUT2D eigenvalue weighted by Gasteiger charge is -1.87. The number of hydrogen-bond donors (Lipinski definition) is 2. The van der Waals surface area contributed by atoms with Crippen LogP contribution in [0.4, 0.5) is 10.3 Å². The number of nitrogens with two attached hydrogens (primary N) is 2. The molecule has 102 valence electrons. The average Bonchev–Trinajstić information content (AvgIpc) is 2.70. The predicted molar refractivity (Wildman–Crippen MR) is 62.8 cm³/mol. The minimum atomic E-state index is 0. The first kappa shape index (κ1) is 18.2. The van der Waals surface area contributed by atoms with E-state index in [4.69, 9.17) is 11.5 Å². The number of halogens is 2. The molecule has 0 fully saturated rings. The van der Waals surface area contributed by atoms with Gasteiger partial charge in [0.15, 0.2) is 0 Å². The van der Waals surface area contributed by atoms with Gasteiger partial charge in [0.2, 0.25) is 0 Å². The maximum atomic E-state index is 5.72. The van der Waals surface area contributed by atoms with Crippen LogP contribution in [0, 0.1) is 0 Å². The van der Waals surface area contributed by atoms with E-state index in [-0.39, 0.29) is 48.0 Å². The number of nitrogen functional groups attached to an aromatic ring is 2. The predicted octanol–water partition coefficient (Wildman–Crippen LogP) is -6.79. The standard InChI is InChI=1S/C8H12N6S2.2HI/c1-13-7(9)15-5(11-13)3-4-6-12-14(2)8(10)16-6;;/h9-10H,3-4H2,1-2H3;2*1H. The van der Waals surface area contributed by atoms with Crippen molar-refractivity contribution in [3.63, 3.8) is 0 Å². The lowest BCUT2D eigenvalue weighted by molar-refractivity contribution is -0.713. The number of aryl methyl sites for hydroxylation is 4. The van der Waals surface area contributed by atoms with Crippen molar-refractivity contribution >= 4 is 32.9 Å². The summed E-state index contributed by atoms with van der Waals surface area (Å²) in [5.74, 6) is 0. The SMILES string of the molecule is C[n+]1nc(CCc2n[n+](C)c(N)s2)sc1N.[I-].[I-]. The topological polar surface area (TPSA) is 85.6 Å². The summed E-state index contributed by atoms with van der Waals surface area (Å²) in [7, 11) is 3.69. The quantitative estimate of drug-likeness (QED) is 0.317. The van der Waals surface area contributed by atoms with Crippen LogP contribution in [-0.2, 0) is 26.9 Å². The van der Waals surface area contributed by atoms with Crippen LogP contribution in [0.3, 0.4) is 0 Å². The normalized spacial score (nSPS) is 9.67. The van der Waals surface area contributed by atoms with Crippen molar-refractivity contribution < 1.29 is 57.3 Å². The Kier molecular flexibility index (Phi) is 7.77. The van der Waals surface area contributed by atoms with Crippen molar-refractivity contribution in [3.05, 3.63) is 10.0 Å². The van der Waals surface area contributed by atoms with Gasteiger partial charge >= 0.3 is 10.3 Å². The van der Waals surface area contributed by atoms with Gasteiger partial charge in [0.1, 0.15) is 24.1 Å². The molecule has 0 aromatic carbocycles. The summed E-state index contributed by atoms with van der Waals surface area (Å²) in [5, 5.41) is 12.1. The number of aromatic nitrogens is 4. The minimum Gasteiger partial charge on any atom is -1.00 e. The molecule has 0 spiro atoms. The van der Waals surface area contributed by atoms with E-state index in [0.29, 0.717) is 0 Å². The molecule has 2 heterocycles. The zero-order valence-corrected chi connectivity index (χ0v) is 15.9. The van der Waals surface area contributed by atoms with Crippen LogP contribution in [0.1, 0.15) is 10.0 Å². The lowest BCUT2D eigenvalue weighted by atomic mass is 10.3. The summed E-state index contributed by atoms with van der Waals surface area (Å²) in [6, 6.07) is 0. The van der Waals surface area contributed by atoms with E-state index >= 15 is 0 Å². The Balaban J connectivity index is 0.00000144. The van der Waals surface area contributed by atoms with Gasteiger partial charge in [-0.05, 0) is 22.7 Å². The Morgan fingerprint density at radius 1 is 0.889 bits per heavy atom.